The van der Waals surface area contributed by atoms with E-state index in [4.69, 9.17) is 22.1 Å². The van der Waals surface area contributed by atoms with E-state index in [2.05, 4.69) is 10.0 Å². The van der Waals surface area contributed by atoms with Crippen molar-refractivity contribution in [3.05, 3.63) is 46.7 Å². The highest BCUT2D eigenvalue weighted by molar-refractivity contribution is 8.00. The number of rotatable bonds is 6. The highest BCUT2D eigenvalue weighted by Crippen LogP contribution is 2.53. The van der Waals surface area contributed by atoms with E-state index in [-0.39, 0.29) is 17.3 Å². The van der Waals surface area contributed by atoms with Gasteiger partial charge < -0.3 is 20.5 Å². The molecule has 2 saturated carbocycles. The number of hydrogen-bond acceptors (Lipinski definition) is 5. The van der Waals surface area contributed by atoms with E-state index in [1.165, 1.54) is 6.07 Å². The number of fused-ring (bicyclic) bond motifs is 2. The fourth-order valence-electron chi connectivity index (χ4n) is 4.32. The lowest BCUT2D eigenvalue weighted by Crippen LogP contribution is -2.30. The van der Waals surface area contributed by atoms with E-state index in [0.717, 1.165) is 67.4 Å². The lowest BCUT2D eigenvalue weighted by atomic mass is 9.80. The summed E-state index contributed by atoms with van der Waals surface area (Å²) in [6, 6.07) is 8.41. The Morgan fingerprint density at radius 3 is 2.67 bits per heavy atom. The van der Waals surface area contributed by atoms with Crippen molar-refractivity contribution in [3.8, 4) is 5.75 Å². The lowest BCUT2D eigenvalue weighted by molar-refractivity contribution is -0.120. The zero-order valence-corrected chi connectivity index (χ0v) is 18.0. The molecule has 1 aliphatic heterocycles. The van der Waals surface area contributed by atoms with Gasteiger partial charge in [0.05, 0.1) is 21.5 Å². The summed E-state index contributed by atoms with van der Waals surface area (Å²) in [7, 11) is 0. The summed E-state index contributed by atoms with van der Waals surface area (Å²) >= 11 is 7.00. The Hall–Kier alpha value is -1.96. The molecule has 4 N–H and O–H groups in total. The number of nitrogens with one attached hydrogen (secondary N) is 2. The average Bonchev–Trinajstić information content (AvgIpc) is 3.14. The van der Waals surface area contributed by atoms with Gasteiger partial charge >= 0.3 is 0 Å². The van der Waals surface area contributed by atoms with Crippen LogP contribution in [0.15, 0.2) is 35.2 Å². The standard InChI is InChI=1S/C22H23ClFN3O2S/c23-13-3-4-18(16(24)9-13)30-27-14-10-15-19(17(11-14)29-12-21(25)7-8-21)26-20(28)22(15)5-1-2-6-22/h3-4,9-11,27H,1-2,5-8,12,25H2,(H,26,28). The minimum atomic E-state index is -0.499. The van der Waals surface area contributed by atoms with Gasteiger partial charge in [-0.1, -0.05) is 24.4 Å². The molecular formula is C22H23ClFN3O2S. The first kappa shape index (κ1) is 20.0. The van der Waals surface area contributed by atoms with Crippen LogP contribution >= 0.6 is 23.5 Å². The maximum Gasteiger partial charge on any atom is 0.235 e. The predicted octanol–water partition coefficient (Wildman–Crippen LogP) is 5.23. The van der Waals surface area contributed by atoms with Gasteiger partial charge in [0.1, 0.15) is 18.2 Å². The SMILES string of the molecule is NC1(COc2cc(NSc3ccc(Cl)cc3F)cc3c2NC(=O)C32CCCC2)CC1. The molecule has 1 spiro atoms. The second kappa shape index (κ2) is 7.32. The number of halogens is 2. The smallest absolute Gasteiger partial charge is 0.235 e. The molecule has 0 saturated heterocycles. The van der Waals surface area contributed by atoms with Crippen molar-refractivity contribution in [2.75, 3.05) is 16.6 Å². The Morgan fingerprint density at radius 1 is 1.20 bits per heavy atom. The summed E-state index contributed by atoms with van der Waals surface area (Å²) in [5.41, 5.74) is 7.90. The number of benzene rings is 2. The Morgan fingerprint density at radius 2 is 1.97 bits per heavy atom. The topological polar surface area (TPSA) is 76.4 Å². The van der Waals surface area contributed by atoms with Crippen molar-refractivity contribution in [1.82, 2.24) is 0 Å². The van der Waals surface area contributed by atoms with Crippen molar-refractivity contribution in [2.24, 2.45) is 5.73 Å². The molecule has 8 heteroatoms. The van der Waals surface area contributed by atoms with Gasteiger partial charge in [-0.15, -0.1) is 0 Å². The first-order chi connectivity index (χ1) is 14.4. The monoisotopic (exact) mass is 447 g/mol. The molecule has 2 aliphatic carbocycles. The maximum atomic E-state index is 14.2. The fraction of sp³-hybridized carbons (Fsp3) is 0.409. The van der Waals surface area contributed by atoms with Gasteiger partial charge in [0.25, 0.3) is 0 Å². The average molecular weight is 448 g/mol. The number of nitrogens with two attached hydrogens (primary N) is 1. The van der Waals surface area contributed by atoms with Crippen LogP contribution in [0.5, 0.6) is 5.75 Å². The summed E-state index contributed by atoms with van der Waals surface area (Å²) in [4.78, 5) is 13.3. The third-order valence-corrected chi connectivity index (χ3v) is 7.45. The zero-order chi connectivity index (χ0) is 20.9. The van der Waals surface area contributed by atoms with Crippen molar-refractivity contribution in [3.63, 3.8) is 0 Å². The van der Waals surface area contributed by atoms with E-state index in [9.17, 15) is 9.18 Å². The summed E-state index contributed by atoms with van der Waals surface area (Å²) in [5, 5.41) is 3.41. The molecule has 0 aromatic heterocycles. The summed E-state index contributed by atoms with van der Waals surface area (Å²) < 4.78 is 23.5. The molecule has 30 heavy (non-hydrogen) atoms. The van der Waals surface area contributed by atoms with Crippen LogP contribution in [0, 0.1) is 5.82 Å². The van der Waals surface area contributed by atoms with Gasteiger partial charge in [-0.25, -0.2) is 4.39 Å². The largest absolute Gasteiger partial charge is 0.489 e. The zero-order valence-electron chi connectivity index (χ0n) is 16.4. The fourth-order valence-corrected chi connectivity index (χ4v) is 5.12. The molecule has 5 rings (SSSR count). The van der Waals surface area contributed by atoms with Crippen LogP contribution < -0.4 is 20.5 Å². The molecule has 0 atom stereocenters. The molecular weight excluding hydrogens is 425 g/mol. The van der Waals surface area contributed by atoms with Gasteiger partial charge in [0.2, 0.25) is 5.91 Å². The molecule has 0 bridgehead atoms. The third-order valence-electron chi connectivity index (χ3n) is 6.33. The van der Waals surface area contributed by atoms with Crippen LogP contribution in [-0.4, -0.2) is 18.1 Å². The highest BCUT2D eigenvalue weighted by Gasteiger charge is 2.50. The number of ether oxygens (including phenoxy) is 1. The summed E-state index contributed by atoms with van der Waals surface area (Å²) in [5.74, 6) is 0.267. The Bertz CT molecular complexity index is 1020. The molecule has 0 unspecified atom stereocenters. The molecule has 3 aliphatic rings. The van der Waals surface area contributed by atoms with E-state index < -0.39 is 5.41 Å². The molecule has 2 aromatic rings. The van der Waals surface area contributed by atoms with Crippen molar-refractivity contribution >= 4 is 40.8 Å². The lowest BCUT2D eigenvalue weighted by Gasteiger charge is -2.22. The molecule has 0 radical (unpaired) electrons. The van der Waals surface area contributed by atoms with E-state index in [1.54, 1.807) is 12.1 Å². The molecule has 158 valence electrons. The third kappa shape index (κ3) is 3.53. The molecule has 2 aromatic carbocycles. The Labute approximate surface area is 184 Å². The Balaban J connectivity index is 1.46. The van der Waals surface area contributed by atoms with E-state index >= 15 is 0 Å². The molecule has 5 nitrogen and oxygen atoms in total. The van der Waals surface area contributed by atoms with Gasteiger partial charge in [0, 0.05) is 16.8 Å². The van der Waals surface area contributed by atoms with Crippen LogP contribution in [0.25, 0.3) is 0 Å². The first-order valence-electron chi connectivity index (χ1n) is 10.2. The first-order valence-corrected chi connectivity index (χ1v) is 11.4. The quantitative estimate of drug-likeness (QED) is 0.528. The van der Waals surface area contributed by atoms with Crippen LogP contribution in [0.1, 0.15) is 44.1 Å². The summed E-state index contributed by atoms with van der Waals surface area (Å²) in [6.45, 7) is 0.407. The highest BCUT2D eigenvalue weighted by atomic mass is 35.5. The van der Waals surface area contributed by atoms with Crippen molar-refractivity contribution in [2.45, 2.75) is 54.4 Å². The van der Waals surface area contributed by atoms with E-state index in [1.807, 2.05) is 12.1 Å². The number of anilines is 2. The van der Waals surface area contributed by atoms with Gasteiger partial charge in [0.15, 0.2) is 0 Å². The number of carbonyl (C=O) groups excluding carboxylic acids is 1. The van der Waals surface area contributed by atoms with E-state index in [0.29, 0.717) is 22.3 Å². The number of carbonyl (C=O) groups is 1. The van der Waals surface area contributed by atoms with Crippen LogP contribution in [0.2, 0.25) is 5.02 Å². The van der Waals surface area contributed by atoms with Gasteiger partial charge in [-0.3, -0.25) is 4.79 Å². The van der Waals surface area contributed by atoms with Crippen molar-refractivity contribution in [1.29, 1.82) is 0 Å². The molecule has 1 heterocycles. The van der Waals surface area contributed by atoms with Crippen LogP contribution in [0.4, 0.5) is 15.8 Å². The molecule has 2 fully saturated rings. The maximum absolute atomic E-state index is 14.2. The minimum absolute atomic E-state index is 0.0438. The summed E-state index contributed by atoms with van der Waals surface area (Å²) in [6.07, 6.45) is 5.59. The second-order valence-electron chi connectivity index (χ2n) is 8.57. The van der Waals surface area contributed by atoms with Gasteiger partial charge in [-0.05, 0) is 67.5 Å². The second-order valence-corrected chi connectivity index (χ2v) is 9.85. The minimum Gasteiger partial charge on any atom is -0.489 e. The Kier molecular flexibility index (Phi) is 4.87. The van der Waals surface area contributed by atoms with Crippen LogP contribution in [-0.2, 0) is 10.2 Å². The number of amides is 1. The number of hydrogen-bond donors (Lipinski definition) is 3. The van der Waals surface area contributed by atoms with Crippen LogP contribution in [0.3, 0.4) is 0 Å². The van der Waals surface area contributed by atoms with Gasteiger partial charge in [-0.2, -0.15) is 0 Å². The van der Waals surface area contributed by atoms with Crippen molar-refractivity contribution < 1.29 is 13.9 Å². The molecule has 1 amide bonds. The predicted molar refractivity (Wildman–Crippen MR) is 118 cm³/mol. The normalized spacial score (nSPS) is 20.2.